The van der Waals surface area contributed by atoms with E-state index in [1.54, 1.807) is 6.92 Å². The second kappa shape index (κ2) is 9.77. The molecule has 0 bridgehead atoms. The summed E-state index contributed by atoms with van der Waals surface area (Å²) in [6.07, 6.45) is 0.232. The number of nitrogens with zero attached hydrogens (tertiary/aromatic N) is 1. The smallest absolute Gasteiger partial charge is 0.326 e. The van der Waals surface area contributed by atoms with Crippen molar-refractivity contribution in [2.24, 2.45) is 0 Å². The maximum absolute atomic E-state index is 13.1. The van der Waals surface area contributed by atoms with Gasteiger partial charge in [-0.2, -0.15) is 0 Å². The van der Waals surface area contributed by atoms with Gasteiger partial charge in [0.05, 0.1) is 6.04 Å². The van der Waals surface area contributed by atoms with Gasteiger partial charge in [0.25, 0.3) is 0 Å². The zero-order chi connectivity index (χ0) is 21.7. The molecule has 0 aromatic heterocycles. The average molecular weight is 429 g/mol. The number of aliphatic carboxylic acids is 2. The summed E-state index contributed by atoms with van der Waals surface area (Å²) in [7, 11) is 0. The van der Waals surface area contributed by atoms with Crippen molar-refractivity contribution in [1.29, 1.82) is 0 Å². The topological polar surface area (TPSA) is 107 Å². The average Bonchev–Trinajstić information content (AvgIpc) is 2.75. The van der Waals surface area contributed by atoms with Crippen LogP contribution in [0.4, 0.5) is 0 Å². The second-order valence-electron chi connectivity index (χ2n) is 7.20. The van der Waals surface area contributed by atoms with Crippen LogP contribution < -0.4 is 5.32 Å². The third-order valence-electron chi connectivity index (χ3n) is 5.10. The molecule has 30 heavy (non-hydrogen) atoms. The van der Waals surface area contributed by atoms with Gasteiger partial charge in [-0.25, -0.2) is 4.79 Å². The molecule has 0 saturated carbocycles. The lowest BCUT2D eigenvalue weighted by molar-refractivity contribution is -0.152. The summed E-state index contributed by atoms with van der Waals surface area (Å²) in [5, 5.41) is 22.1. The van der Waals surface area contributed by atoms with E-state index in [-0.39, 0.29) is 18.7 Å². The summed E-state index contributed by atoms with van der Waals surface area (Å²) in [5.74, 6) is -2.31. The van der Waals surface area contributed by atoms with E-state index < -0.39 is 36.0 Å². The van der Waals surface area contributed by atoms with Crippen molar-refractivity contribution < 1.29 is 24.6 Å². The Balaban J connectivity index is 1.69. The Labute approximate surface area is 179 Å². The molecule has 1 heterocycles. The molecular weight excluding hydrogens is 404 g/mol. The Kier molecular flexibility index (Phi) is 7.12. The number of carboxylic acids is 2. The van der Waals surface area contributed by atoms with E-state index in [2.05, 4.69) is 5.32 Å². The molecule has 0 saturated heterocycles. The first kappa shape index (κ1) is 21.9. The standard InChI is InChI=1S/C22H24N2O5S/c1-14(23-18(21(26)27)13-30-17-9-3-2-4-10-17)20(25)24-12-16-8-6-5-7-15(16)11-19(24)22(28)29/h2-10,14,18-19,23H,11-13H2,1H3,(H,26,27)(H,28,29). The number of carbonyl (C=O) groups excluding carboxylic acids is 1. The normalized spacial score (nSPS) is 17.6. The van der Waals surface area contributed by atoms with Crippen LogP contribution >= 0.6 is 11.8 Å². The second-order valence-corrected chi connectivity index (χ2v) is 8.29. The van der Waals surface area contributed by atoms with Crippen LogP contribution in [0.25, 0.3) is 0 Å². The Morgan fingerprint density at radius 3 is 2.33 bits per heavy atom. The molecule has 8 heteroatoms. The van der Waals surface area contributed by atoms with Crippen molar-refractivity contribution >= 4 is 29.6 Å². The van der Waals surface area contributed by atoms with E-state index in [1.165, 1.54) is 16.7 Å². The summed E-state index contributed by atoms with van der Waals surface area (Å²) in [4.78, 5) is 38.8. The number of rotatable bonds is 8. The fourth-order valence-corrected chi connectivity index (χ4v) is 4.43. The van der Waals surface area contributed by atoms with Gasteiger partial charge >= 0.3 is 11.9 Å². The molecule has 0 aliphatic carbocycles. The maximum Gasteiger partial charge on any atom is 0.326 e. The highest BCUT2D eigenvalue weighted by Gasteiger charge is 2.37. The molecule has 1 aliphatic rings. The van der Waals surface area contributed by atoms with E-state index in [0.29, 0.717) is 0 Å². The van der Waals surface area contributed by atoms with Crippen LogP contribution in [0.5, 0.6) is 0 Å². The Bertz CT molecular complexity index is 921. The van der Waals surface area contributed by atoms with E-state index >= 15 is 0 Å². The SMILES string of the molecule is CC(NC(CSc1ccccc1)C(=O)O)C(=O)N1Cc2ccccc2CC1C(=O)O. The first-order valence-electron chi connectivity index (χ1n) is 9.63. The Hall–Kier alpha value is -2.84. The van der Waals surface area contributed by atoms with Crippen LogP contribution in [-0.4, -0.2) is 56.8 Å². The molecule has 0 fully saturated rings. The third-order valence-corrected chi connectivity index (χ3v) is 6.20. The van der Waals surface area contributed by atoms with Gasteiger partial charge < -0.3 is 15.1 Å². The number of carboxylic acid groups (broad SMARTS) is 2. The minimum atomic E-state index is -1.07. The molecule has 3 N–H and O–H groups in total. The quantitative estimate of drug-likeness (QED) is 0.554. The van der Waals surface area contributed by atoms with E-state index in [9.17, 15) is 24.6 Å². The van der Waals surface area contributed by atoms with Crippen molar-refractivity contribution in [2.75, 3.05) is 5.75 Å². The van der Waals surface area contributed by atoms with Crippen molar-refractivity contribution in [2.45, 2.75) is 42.9 Å². The van der Waals surface area contributed by atoms with Crippen LogP contribution in [0.1, 0.15) is 18.1 Å². The predicted molar refractivity (Wildman–Crippen MR) is 113 cm³/mol. The minimum absolute atomic E-state index is 0.189. The van der Waals surface area contributed by atoms with Crippen LogP contribution in [0, 0.1) is 0 Å². The van der Waals surface area contributed by atoms with Gasteiger partial charge in [-0.1, -0.05) is 42.5 Å². The number of carbonyl (C=O) groups is 3. The molecule has 7 nitrogen and oxygen atoms in total. The molecular formula is C22H24N2O5S. The third kappa shape index (κ3) is 5.20. The number of hydrogen-bond donors (Lipinski definition) is 3. The van der Waals surface area contributed by atoms with Gasteiger partial charge in [-0.15, -0.1) is 11.8 Å². The van der Waals surface area contributed by atoms with Gasteiger partial charge in [0.2, 0.25) is 5.91 Å². The molecule has 0 radical (unpaired) electrons. The fourth-order valence-electron chi connectivity index (χ4n) is 3.48. The van der Waals surface area contributed by atoms with Gasteiger partial charge in [0.15, 0.2) is 0 Å². The zero-order valence-electron chi connectivity index (χ0n) is 16.5. The van der Waals surface area contributed by atoms with Gasteiger partial charge in [-0.3, -0.25) is 14.9 Å². The van der Waals surface area contributed by atoms with Crippen molar-refractivity contribution in [3.05, 3.63) is 65.7 Å². The van der Waals surface area contributed by atoms with Crippen LogP contribution in [0.15, 0.2) is 59.5 Å². The molecule has 3 atom stereocenters. The van der Waals surface area contributed by atoms with Gasteiger partial charge in [0.1, 0.15) is 12.1 Å². The van der Waals surface area contributed by atoms with Crippen molar-refractivity contribution in [3.8, 4) is 0 Å². The molecule has 0 spiro atoms. The lowest BCUT2D eigenvalue weighted by Crippen LogP contribution is -2.56. The zero-order valence-corrected chi connectivity index (χ0v) is 17.3. The molecule has 3 unspecified atom stereocenters. The summed E-state index contributed by atoms with van der Waals surface area (Å²) in [5.41, 5.74) is 1.82. The van der Waals surface area contributed by atoms with Crippen LogP contribution in [0.3, 0.4) is 0 Å². The predicted octanol–water partition coefficient (Wildman–Crippen LogP) is 2.25. The highest BCUT2D eigenvalue weighted by Crippen LogP contribution is 2.24. The number of benzene rings is 2. The molecule has 2 aromatic carbocycles. The van der Waals surface area contributed by atoms with Crippen LogP contribution in [0.2, 0.25) is 0 Å². The Morgan fingerprint density at radius 2 is 1.70 bits per heavy atom. The first-order chi connectivity index (χ1) is 14.4. The molecule has 1 amide bonds. The lowest BCUT2D eigenvalue weighted by atomic mass is 9.93. The summed E-state index contributed by atoms with van der Waals surface area (Å²) >= 11 is 1.38. The number of thioether (sulfide) groups is 1. The highest BCUT2D eigenvalue weighted by molar-refractivity contribution is 7.99. The molecule has 1 aliphatic heterocycles. The molecule has 158 valence electrons. The lowest BCUT2D eigenvalue weighted by Gasteiger charge is -2.36. The van der Waals surface area contributed by atoms with Crippen molar-refractivity contribution in [1.82, 2.24) is 10.2 Å². The summed E-state index contributed by atoms with van der Waals surface area (Å²) in [6, 6.07) is 14.1. The Morgan fingerprint density at radius 1 is 1.07 bits per heavy atom. The van der Waals surface area contributed by atoms with Gasteiger partial charge in [0, 0.05) is 23.6 Å². The van der Waals surface area contributed by atoms with E-state index in [0.717, 1.165) is 16.0 Å². The fraction of sp³-hybridized carbons (Fsp3) is 0.318. The summed E-state index contributed by atoms with van der Waals surface area (Å²) < 4.78 is 0. The van der Waals surface area contributed by atoms with E-state index in [4.69, 9.17) is 0 Å². The number of hydrogen-bond acceptors (Lipinski definition) is 5. The minimum Gasteiger partial charge on any atom is -0.480 e. The number of fused-ring (bicyclic) bond motifs is 1. The number of nitrogens with one attached hydrogen (secondary N) is 1. The molecule has 3 rings (SSSR count). The first-order valence-corrected chi connectivity index (χ1v) is 10.6. The largest absolute Gasteiger partial charge is 0.480 e. The summed E-state index contributed by atoms with van der Waals surface area (Å²) in [6.45, 7) is 1.76. The maximum atomic E-state index is 13.1. The van der Waals surface area contributed by atoms with Crippen LogP contribution in [-0.2, 0) is 27.3 Å². The highest BCUT2D eigenvalue weighted by atomic mass is 32.2. The number of amides is 1. The monoisotopic (exact) mass is 428 g/mol. The van der Waals surface area contributed by atoms with Crippen molar-refractivity contribution in [3.63, 3.8) is 0 Å². The van der Waals surface area contributed by atoms with E-state index in [1.807, 2.05) is 54.6 Å². The van der Waals surface area contributed by atoms with Gasteiger partial charge in [-0.05, 0) is 30.2 Å². The molecule has 2 aromatic rings.